The molecule has 102 valence electrons. The Morgan fingerprint density at radius 2 is 2.25 bits per heavy atom. The van der Waals surface area contributed by atoms with E-state index in [9.17, 15) is 0 Å². The molecule has 1 heterocycles. The van der Waals surface area contributed by atoms with E-state index in [0.717, 1.165) is 16.9 Å². The summed E-state index contributed by atoms with van der Waals surface area (Å²) in [6.45, 7) is 9.47. The predicted octanol–water partition coefficient (Wildman–Crippen LogP) is 3.61. The predicted molar refractivity (Wildman–Crippen MR) is 78.4 cm³/mol. The highest BCUT2D eigenvalue weighted by Gasteiger charge is 2.06. The van der Waals surface area contributed by atoms with Gasteiger partial charge in [0, 0.05) is 6.54 Å². The minimum absolute atomic E-state index is 0.108. The summed E-state index contributed by atoms with van der Waals surface area (Å²) in [5, 5.41) is 3.24. The number of benzene rings is 1. The van der Waals surface area contributed by atoms with E-state index in [1.54, 1.807) is 7.11 Å². The second-order valence-electron chi connectivity index (χ2n) is 4.13. The average Bonchev–Trinajstić information content (AvgIpc) is 2.46. The smallest absolute Gasteiger partial charge is 0.307 e. The van der Waals surface area contributed by atoms with Gasteiger partial charge in [-0.1, -0.05) is 24.2 Å². The lowest BCUT2D eigenvalue weighted by Crippen LogP contribution is -2.03. The highest BCUT2D eigenvalue weighted by molar-refractivity contribution is 6.31. The van der Waals surface area contributed by atoms with Crippen LogP contribution in [0.2, 0.25) is 5.15 Å². The van der Waals surface area contributed by atoms with Gasteiger partial charge < -0.3 is 14.9 Å². The van der Waals surface area contributed by atoms with Crippen LogP contribution >= 0.6 is 11.6 Å². The van der Waals surface area contributed by atoms with Crippen LogP contribution in [-0.4, -0.2) is 17.1 Å². The Morgan fingerprint density at radius 1 is 1.45 bits per heavy atom. The Hall–Kier alpha value is -2.32. The molecule has 0 saturated heterocycles. The van der Waals surface area contributed by atoms with Gasteiger partial charge in [0.25, 0.3) is 0 Å². The monoisotopic (exact) mass is 288 g/mol. The number of nitrogens with one attached hydrogen (secondary N) is 1. The molecular formula is C14H13ClN4O. The molecule has 5 nitrogen and oxygen atoms in total. The van der Waals surface area contributed by atoms with Gasteiger partial charge in [-0.25, -0.2) is 4.98 Å². The van der Waals surface area contributed by atoms with Crippen LogP contribution in [0.1, 0.15) is 11.1 Å². The van der Waals surface area contributed by atoms with Crippen molar-refractivity contribution in [1.29, 1.82) is 0 Å². The minimum atomic E-state index is 0.108. The summed E-state index contributed by atoms with van der Waals surface area (Å²) in [7, 11) is 1.64. The lowest BCUT2D eigenvalue weighted by molar-refractivity contribution is 0.414. The molecule has 1 aromatic heterocycles. The molecule has 1 N–H and O–H groups in total. The molecule has 1 aromatic carbocycles. The van der Waals surface area contributed by atoms with E-state index >= 15 is 0 Å². The fourth-order valence-electron chi connectivity index (χ4n) is 1.70. The van der Waals surface area contributed by atoms with Crippen molar-refractivity contribution in [2.45, 2.75) is 13.5 Å². The first-order valence-electron chi connectivity index (χ1n) is 5.91. The van der Waals surface area contributed by atoms with Crippen molar-refractivity contribution in [3.8, 4) is 5.75 Å². The number of hydrogen-bond acceptors (Lipinski definition) is 4. The molecule has 0 bridgehead atoms. The molecule has 0 spiro atoms. The molecule has 0 aliphatic heterocycles. The summed E-state index contributed by atoms with van der Waals surface area (Å²) in [6, 6.07) is 5.87. The SMILES string of the molecule is [C-]#[N+]c1ncc(NCc2ccc(OC)cc2C)nc1Cl. The van der Waals surface area contributed by atoms with Gasteiger partial charge in [0.1, 0.15) is 5.75 Å². The number of nitrogens with zero attached hydrogens (tertiary/aromatic N) is 3. The lowest BCUT2D eigenvalue weighted by atomic mass is 10.1. The number of ether oxygens (including phenoxy) is 1. The number of rotatable bonds is 4. The summed E-state index contributed by atoms with van der Waals surface area (Å²) in [6.07, 6.45) is 1.50. The third kappa shape index (κ3) is 3.16. The Bertz CT molecular complexity index is 667. The molecule has 20 heavy (non-hydrogen) atoms. The standard InChI is InChI=1S/C14H13ClN4O/c1-9-6-11(20-3)5-4-10(9)7-17-12-8-18-14(16-2)13(15)19-12/h4-6,8H,7H2,1,3H3,(H,17,19). The van der Waals surface area contributed by atoms with Crippen LogP contribution in [0.4, 0.5) is 11.6 Å². The summed E-state index contributed by atoms with van der Waals surface area (Å²) < 4.78 is 5.17. The van der Waals surface area contributed by atoms with Gasteiger partial charge >= 0.3 is 5.82 Å². The molecule has 0 aliphatic carbocycles. The minimum Gasteiger partial charge on any atom is -0.497 e. The van der Waals surface area contributed by atoms with Crippen LogP contribution in [0.25, 0.3) is 4.85 Å². The molecule has 2 aromatic rings. The van der Waals surface area contributed by atoms with Gasteiger partial charge in [-0.3, -0.25) is 0 Å². The van der Waals surface area contributed by atoms with Crippen LogP contribution in [0.5, 0.6) is 5.75 Å². The Kier molecular flexibility index (Phi) is 4.38. The molecule has 0 unspecified atom stereocenters. The lowest BCUT2D eigenvalue weighted by Gasteiger charge is -2.09. The van der Waals surface area contributed by atoms with Crippen LogP contribution in [-0.2, 0) is 6.54 Å². The average molecular weight is 289 g/mol. The summed E-state index contributed by atoms with van der Waals surface area (Å²) in [5.41, 5.74) is 2.24. The first-order chi connectivity index (χ1) is 9.63. The largest absolute Gasteiger partial charge is 0.497 e. The van der Waals surface area contributed by atoms with E-state index in [-0.39, 0.29) is 11.0 Å². The maximum absolute atomic E-state index is 6.86. The number of halogens is 1. The molecular weight excluding hydrogens is 276 g/mol. The van der Waals surface area contributed by atoms with E-state index in [1.165, 1.54) is 6.20 Å². The second kappa shape index (κ2) is 6.22. The zero-order chi connectivity index (χ0) is 14.5. The van der Waals surface area contributed by atoms with Gasteiger partial charge in [0.15, 0.2) is 17.2 Å². The van der Waals surface area contributed by atoms with Gasteiger partial charge in [0.2, 0.25) is 0 Å². The van der Waals surface area contributed by atoms with Crippen molar-refractivity contribution in [2.75, 3.05) is 12.4 Å². The fraction of sp³-hybridized carbons (Fsp3) is 0.214. The number of aryl methyl sites for hydroxylation is 1. The van der Waals surface area contributed by atoms with Gasteiger partial charge in [-0.2, -0.15) is 0 Å². The van der Waals surface area contributed by atoms with Crippen LogP contribution in [0.15, 0.2) is 24.4 Å². The number of aromatic nitrogens is 2. The van der Waals surface area contributed by atoms with Crippen molar-refractivity contribution in [3.63, 3.8) is 0 Å². The molecule has 6 heteroatoms. The topological polar surface area (TPSA) is 51.4 Å². The first-order valence-corrected chi connectivity index (χ1v) is 6.29. The molecule has 0 atom stereocenters. The second-order valence-corrected chi connectivity index (χ2v) is 4.49. The Morgan fingerprint density at radius 3 is 2.85 bits per heavy atom. The highest BCUT2D eigenvalue weighted by atomic mass is 35.5. The van der Waals surface area contributed by atoms with Gasteiger partial charge in [0.05, 0.1) is 7.11 Å². The van der Waals surface area contributed by atoms with Crippen LogP contribution in [0, 0.1) is 13.5 Å². The van der Waals surface area contributed by atoms with E-state index in [1.807, 2.05) is 25.1 Å². The third-order valence-electron chi connectivity index (χ3n) is 2.83. The van der Waals surface area contributed by atoms with E-state index in [0.29, 0.717) is 12.4 Å². The van der Waals surface area contributed by atoms with Crippen LogP contribution in [0.3, 0.4) is 0 Å². The normalized spacial score (nSPS) is 9.90. The molecule has 0 saturated carbocycles. The quantitative estimate of drug-likeness (QED) is 0.873. The zero-order valence-corrected chi connectivity index (χ0v) is 11.9. The van der Waals surface area contributed by atoms with Crippen molar-refractivity contribution in [1.82, 2.24) is 9.97 Å². The summed E-state index contributed by atoms with van der Waals surface area (Å²) >= 11 is 5.84. The van der Waals surface area contributed by atoms with Crippen molar-refractivity contribution >= 4 is 23.2 Å². The molecule has 0 aliphatic rings. The van der Waals surface area contributed by atoms with E-state index in [4.69, 9.17) is 22.9 Å². The number of anilines is 1. The van der Waals surface area contributed by atoms with Gasteiger partial charge in [-0.05, 0) is 30.2 Å². The third-order valence-corrected chi connectivity index (χ3v) is 3.08. The first kappa shape index (κ1) is 14.1. The van der Waals surface area contributed by atoms with Crippen molar-refractivity contribution < 1.29 is 4.74 Å². The molecule has 2 rings (SSSR count). The van der Waals surface area contributed by atoms with Crippen LogP contribution < -0.4 is 10.1 Å². The number of methoxy groups -OCH3 is 1. The van der Waals surface area contributed by atoms with Gasteiger partial charge in [-0.15, -0.1) is 4.98 Å². The number of hydrogen-bond donors (Lipinski definition) is 1. The summed E-state index contributed by atoms with van der Waals surface area (Å²) in [4.78, 5) is 11.2. The molecule has 0 radical (unpaired) electrons. The molecule has 0 amide bonds. The highest BCUT2D eigenvalue weighted by Crippen LogP contribution is 2.22. The molecule has 0 fully saturated rings. The van der Waals surface area contributed by atoms with E-state index in [2.05, 4.69) is 20.1 Å². The Labute approximate surface area is 122 Å². The summed E-state index contributed by atoms with van der Waals surface area (Å²) in [5.74, 6) is 1.48. The maximum Gasteiger partial charge on any atom is 0.307 e. The van der Waals surface area contributed by atoms with Crippen molar-refractivity contribution in [2.24, 2.45) is 0 Å². The van der Waals surface area contributed by atoms with Crippen molar-refractivity contribution in [3.05, 3.63) is 52.1 Å². The van der Waals surface area contributed by atoms with E-state index < -0.39 is 0 Å². The maximum atomic E-state index is 6.86. The Balaban J connectivity index is 2.09. The fourth-order valence-corrected chi connectivity index (χ4v) is 1.88. The zero-order valence-electron chi connectivity index (χ0n) is 11.1.